The van der Waals surface area contributed by atoms with Crippen molar-refractivity contribution in [1.82, 2.24) is 25.0 Å². The minimum absolute atomic E-state index is 0. The van der Waals surface area contributed by atoms with Crippen LogP contribution in [0, 0.1) is 6.92 Å². The van der Waals surface area contributed by atoms with Gasteiger partial charge < -0.3 is 14.7 Å². The molecule has 2 N–H and O–H groups in total. The van der Waals surface area contributed by atoms with Gasteiger partial charge in [0.1, 0.15) is 6.26 Å². The highest BCUT2D eigenvalue weighted by molar-refractivity contribution is 14.0. The maximum Gasteiger partial charge on any atom is 0.240 e. The molecule has 1 saturated heterocycles. The first-order chi connectivity index (χ1) is 14.0. The smallest absolute Gasteiger partial charge is 0.240 e. The fourth-order valence-electron chi connectivity index (χ4n) is 3.16. The Morgan fingerprint density at radius 2 is 1.83 bits per heavy atom. The summed E-state index contributed by atoms with van der Waals surface area (Å²) in [5.41, 5.74) is 1.96. The van der Waals surface area contributed by atoms with Gasteiger partial charge in [0, 0.05) is 58.9 Å². The Balaban J connectivity index is 0.00000320. The molecule has 166 valence electrons. The Bertz CT molecular complexity index is 895. The first kappa shape index (κ1) is 24.6. The van der Waals surface area contributed by atoms with E-state index in [1.54, 1.807) is 37.6 Å². The molecular formula is C19H29IN6O3S. The van der Waals surface area contributed by atoms with Crippen molar-refractivity contribution in [3.63, 3.8) is 0 Å². The fourth-order valence-corrected chi connectivity index (χ4v) is 4.19. The summed E-state index contributed by atoms with van der Waals surface area (Å²) in [6, 6.07) is 8.68. The Hall–Kier alpha value is -1.70. The third-order valence-corrected chi connectivity index (χ3v) is 6.27. The molecule has 3 rings (SSSR count). The van der Waals surface area contributed by atoms with E-state index in [9.17, 15) is 8.42 Å². The van der Waals surface area contributed by atoms with E-state index in [2.05, 4.69) is 30.0 Å². The summed E-state index contributed by atoms with van der Waals surface area (Å²) in [4.78, 5) is 9.09. The van der Waals surface area contributed by atoms with E-state index in [1.165, 1.54) is 0 Å². The Labute approximate surface area is 195 Å². The van der Waals surface area contributed by atoms with Crippen LogP contribution in [0.3, 0.4) is 0 Å². The highest BCUT2D eigenvalue weighted by atomic mass is 127. The van der Waals surface area contributed by atoms with Crippen molar-refractivity contribution >= 4 is 40.0 Å². The number of hydrogen-bond acceptors (Lipinski definition) is 6. The van der Waals surface area contributed by atoms with Crippen LogP contribution in [0.15, 0.2) is 51.0 Å². The fraction of sp³-hybridized carbons (Fsp3) is 0.474. The molecule has 0 radical (unpaired) electrons. The molecule has 2 aromatic rings. The number of rotatable bonds is 7. The molecule has 0 saturated carbocycles. The number of guanidine groups is 1. The van der Waals surface area contributed by atoms with Gasteiger partial charge >= 0.3 is 0 Å². The van der Waals surface area contributed by atoms with Gasteiger partial charge in [0.25, 0.3) is 0 Å². The molecule has 11 heteroatoms. The largest absolute Gasteiger partial charge is 0.364 e. The molecule has 0 atom stereocenters. The second kappa shape index (κ2) is 11.6. The van der Waals surface area contributed by atoms with Gasteiger partial charge in [-0.3, -0.25) is 9.89 Å². The summed E-state index contributed by atoms with van der Waals surface area (Å²) in [5, 5.41) is 7.19. The zero-order chi connectivity index (χ0) is 20.7. The summed E-state index contributed by atoms with van der Waals surface area (Å²) in [7, 11) is -1.77. The van der Waals surface area contributed by atoms with Gasteiger partial charge in [-0.25, -0.2) is 13.1 Å². The van der Waals surface area contributed by atoms with E-state index in [1.807, 2.05) is 13.0 Å². The first-order valence-electron chi connectivity index (χ1n) is 9.61. The molecular weight excluding hydrogens is 519 g/mol. The summed E-state index contributed by atoms with van der Waals surface area (Å²) in [5.74, 6) is 0.778. The van der Waals surface area contributed by atoms with Gasteiger partial charge in [-0.1, -0.05) is 22.9 Å². The van der Waals surface area contributed by atoms with E-state index in [0.29, 0.717) is 6.54 Å². The minimum atomic E-state index is -3.50. The predicted octanol–water partition coefficient (Wildman–Crippen LogP) is 1.27. The third kappa shape index (κ3) is 6.93. The molecule has 1 aliphatic heterocycles. The average molecular weight is 548 g/mol. The summed E-state index contributed by atoms with van der Waals surface area (Å²) in [6.07, 6.45) is 1.59. The Morgan fingerprint density at radius 1 is 1.13 bits per heavy atom. The molecule has 0 spiro atoms. The molecule has 0 amide bonds. The number of piperazine rings is 1. The van der Waals surface area contributed by atoms with E-state index in [4.69, 9.17) is 4.52 Å². The zero-order valence-corrected chi connectivity index (χ0v) is 20.4. The van der Waals surface area contributed by atoms with Crippen molar-refractivity contribution in [2.24, 2.45) is 4.99 Å². The Kier molecular flexibility index (Phi) is 9.52. The lowest BCUT2D eigenvalue weighted by Crippen LogP contribution is -2.53. The molecule has 1 aromatic carbocycles. The van der Waals surface area contributed by atoms with Gasteiger partial charge in [0.2, 0.25) is 10.0 Å². The van der Waals surface area contributed by atoms with Gasteiger partial charge in [0.15, 0.2) is 5.96 Å². The lowest BCUT2D eigenvalue weighted by molar-refractivity contribution is 0.169. The zero-order valence-electron chi connectivity index (χ0n) is 17.2. The number of halogens is 1. The molecule has 1 fully saturated rings. The summed E-state index contributed by atoms with van der Waals surface area (Å²) in [6.45, 7) is 6.91. The van der Waals surface area contributed by atoms with Crippen LogP contribution in [0.5, 0.6) is 0 Å². The minimum Gasteiger partial charge on any atom is -0.364 e. The van der Waals surface area contributed by atoms with Gasteiger partial charge in [0.05, 0.1) is 10.6 Å². The van der Waals surface area contributed by atoms with Crippen LogP contribution >= 0.6 is 24.0 Å². The standard InChI is InChI=1S/C19H28N6O3S.HI/c1-16-3-5-18(6-4-16)29(26,27)22-9-8-21-19(20-2)25-12-10-24(11-13-25)15-17-7-14-28-23-17;/h3-7,14,22H,8-13,15H2,1-2H3,(H,20,21);1H. The van der Waals surface area contributed by atoms with Crippen molar-refractivity contribution in [2.75, 3.05) is 46.3 Å². The van der Waals surface area contributed by atoms with Crippen molar-refractivity contribution < 1.29 is 12.9 Å². The number of aliphatic imine (C=N–C) groups is 1. The Morgan fingerprint density at radius 3 is 2.43 bits per heavy atom. The SMILES string of the molecule is CN=C(NCCNS(=O)(=O)c1ccc(C)cc1)N1CCN(Cc2ccon2)CC1.I. The van der Waals surface area contributed by atoms with Gasteiger partial charge in [-0.05, 0) is 19.1 Å². The third-order valence-electron chi connectivity index (χ3n) is 4.79. The molecule has 30 heavy (non-hydrogen) atoms. The number of aromatic nitrogens is 1. The van der Waals surface area contributed by atoms with Crippen molar-refractivity contribution in [3.05, 3.63) is 47.9 Å². The first-order valence-corrected chi connectivity index (χ1v) is 11.1. The number of aryl methyl sites for hydroxylation is 1. The summed E-state index contributed by atoms with van der Waals surface area (Å²) < 4.78 is 32.2. The lowest BCUT2D eigenvalue weighted by Gasteiger charge is -2.36. The highest BCUT2D eigenvalue weighted by Crippen LogP contribution is 2.09. The van der Waals surface area contributed by atoms with Crippen LogP contribution in [0.25, 0.3) is 0 Å². The second-order valence-corrected chi connectivity index (χ2v) is 8.71. The topological polar surface area (TPSA) is 103 Å². The maximum absolute atomic E-state index is 12.3. The van der Waals surface area contributed by atoms with Crippen molar-refractivity contribution in [3.8, 4) is 0 Å². The lowest BCUT2D eigenvalue weighted by atomic mass is 10.2. The number of nitrogens with zero attached hydrogens (tertiary/aromatic N) is 4. The molecule has 2 heterocycles. The molecule has 1 aliphatic rings. The molecule has 0 unspecified atom stereocenters. The molecule has 9 nitrogen and oxygen atoms in total. The van der Waals surface area contributed by atoms with Crippen LogP contribution in [-0.4, -0.2) is 75.7 Å². The quantitative estimate of drug-likeness (QED) is 0.233. The normalized spacial score (nSPS) is 15.7. The van der Waals surface area contributed by atoms with E-state index >= 15 is 0 Å². The molecule has 0 aliphatic carbocycles. The number of nitrogens with one attached hydrogen (secondary N) is 2. The predicted molar refractivity (Wildman–Crippen MR) is 126 cm³/mol. The highest BCUT2D eigenvalue weighted by Gasteiger charge is 2.20. The monoisotopic (exact) mass is 548 g/mol. The van der Waals surface area contributed by atoms with Crippen LogP contribution in [0.4, 0.5) is 0 Å². The van der Waals surface area contributed by atoms with E-state index in [0.717, 1.165) is 49.9 Å². The van der Waals surface area contributed by atoms with E-state index in [-0.39, 0.29) is 35.4 Å². The van der Waals surface area contributed by atoms with Crippen molar-refractivity contribution in [2.45, 2.75) is 18.4 Å². The van der Waals surface area contributed by atoms with Crippen molar-refractivity contribution in [1.29, 1.82) is 0 Å². The average Bonchev–Trinajstić information content (AvgIpc) is 3.22. The molecule has 0 bridgehead atoms. The molecule has 1 aromatic heterocycles. The maximum atomic E-state index is 12.3. The van der Waals surface area contributed by atoms with Crippen LogP contribution in [-0.2, 0) is 16.6 Å². The number of sulfonamides is 1. The summed E-state index contributed by atoms with van der Waals surface area (Å²) >= 11 is 0. The second-order valence-electron chi connectivity index (χ2n) is 6.94. The van der Waals surface area contributed by atoms with Gasteiger partial charge in [-0.2, -0.15) is 0 Å². The van der Waals surface area contributed by atoms with E-state index < -0.39 is 10.0 Å². The van der Waals surface area contributed by atoms with Crippen LogP contribution in [0.1, 0.15) is 11.3 Å². The number of benzene rings is 1. The number of hydrogen-bond donors (Lipinski definition) is 2. The van der Waals surface area contributed by atoms with Crippen LogP contribution < -0.4 is 10.0 Å². The van der Waals surface area contributed by atoms with Gasteiger partial charge in [-0.15, -0.1) is 24.0 Å². The van der Waals surface area contributed by atoms with Crippen LogP contribution in [0.2, 0.25) is 0 Å².